The van der Waals surface area contributed by atoms with Crippen LogP contribution < -0.4 is 16.0 Å². The van der Waals surface area contributed by atoms with E-state index in [4.69, 9.17) is 4.74 Å². The van der Waals surface area contributed by atoms with Gasteiger partial charge < -0.3 is 20.7 Å². The molecule has 0 atom stereocenters. The Morgan fingerprint density at radius 3 is 2.21 bits per heavy atom. The molecule has 3 N–H and O–H groups in total. The van der Waals surface area contributed by atoms with Crippen LogP contribution in [0.15, 0.2) is 29.3 Å². The number of amides is 1. The first kappa shape index (κ1) is 23.7. The zero-order valence-corrected chi connectivity index (χ0v) is 16.4. The van der Waals surface area contributed by atoms with E-state index in [0.29, 0.717) is 32.2 Å². The molecule has 0 aromatic heterocycles. The van der Waals surface area contributed by atoms with Crippen LogP contribution in [0.5, 0.6) is 0 Å². The van der Waals surface area contributed by atoms with Gasteiger partial charge in [-0.05, 0) is 37.1 Å². The monoisotopic (exact) mass is 402 g/mol. The minimum absolute atomic E-state index is 0.179. The zero-order valence-electron chi connectivity index (χ0n) is 16.4. The molecule has 0 saturated carbocycles. The van der Waals surface area contributed by atoms with Crippen LogP contribution in [0.2, 0.25) is 0 Å². The molecule has 1 amide bonds. The maximum Gasteiger partial charge on any atom is 0.416 e. The van der Waals surface area contributed by atoms with Gasteiger partial charge in [0.05, 0.1) is 5.56 Å². The summed E-state index contributed by atoms with van der Waals surface area (Å²) in [5.41, 5.74) is -0.602. The summed E-state index contributed by atoms with van der Waals surface area (Å²) in [4.78, 5) is 16.0. The molecule has 0 bridgehead atoms. The van der Waals surface area contributed by atoms with Crippen molar-refractivity contribution in [2.45, 2.75) is 32.4 Å². The summed E-state index contributed by atoms with van der Waals surface area (Å²) < 4.78 is 43.1. The molecule has 6 nitrogen and oxygen atoms in total. The Balaban J connectivity index is 2.21. The molecule has 28 heavy (non-hydrogen) atoms. The van der Waals surface area contributed by atoms with Crippen LogP contribution >= 0.6 is 0 Å². The van der Waals surface area contributed by atoms with E-state index in [2.05, 4.69) is 27.9 Å². The van der Waals surface area contributed by atoms with Crippen molar-refractivity contribution < 1.29 is 22.7 Å². The van der Waals surface area contributed by atoms with Gasteiger partial charge in [0.2, 0.25) is 0 Å². The van der Waals surface area contributed by atoms with Crippen LogP contribution in [0.25, 0.3) is 0 Å². The number of hydrogen-bond donors (Lipinski definition) is 3. The van der Waals surface area contributed by atoms with Crippen LogP contribution in [-0.4, -0.2) is 51.8 Å². The van der Waals surface area contributed by atoms with Gasteiger partial charge in [0.25, 0.3) is 5.91 Å². The molecule has 0 heterocycles. The van der Waals surface area contributed by atoms with Crippen LogP contribution in [0, 0.1) is 0 Å². The summed E-state index contributed by atoms with van der Waals surface area (Å²) in [5, 5.41) is 8.84. The van der Waals surface area contributed by atoms with Gasteiger partial charge in [-0.2, -0.15) is 13.2 Å². The highest BCUT2D eigenvalue weighted by atomic mass is 19.4. The van der Waals surface area contributed by atoms with Crippen molar-refractivity contribution in [2.24, 2.45) is 4.99 Å². The second-order valence-electron chi connectivity index (χ2n) is 6.08. The summed E-state index contributed by atoms with van der Waals surface area (Å²) in [6, 6.07) is 4.11. The van der Waals surface area contributed by atoms with Gasteiger partial charge in [-0.3, -0.25) is 9.79 Å². The fourth-order valence-corrected chi connectivity index (χ4v) is 2.22. The Morgan fingerprint density at radius 2 is 1.61 bits per heavy atom. The first-order valence-corrected chi connectivity index (χ1v) is 9.36. The smallest absolute Gasteiger partial charge is 0.381 e. The lowest BCUT2D eigenvalue weighted by Gasteiger charge is -2.12. The highest BCUT2D eigenvalue weighted by Crippen LogP contribution is 2.28. The number of hydrogen-bond acceptors (Lipinski definition) is 3. The fraction of sp³-hybridized carbons (Fsp3) is 0.579. The Bertz CT molecular complexity index is 604. The summed E-state index contributed by atoms with van der Waals surface area (Å²) in [6.07, 6.45) is -1.38. The van der Waals surface area contributed by atoms with E-state index in [-0.39, 0.29) is 5.56 Å². The number of alkyl halides is 3. The van der Waals surface area contributed by atoms with Gasteiger partial charge in [-0.25, -0.2) is 0 Å². The van der Waals surface area contributed by atoms with Crippen molar-refractivity contribution in [1.29, 1.82) is 0 Å². The molecule has 1 aromatic carbocycles. The van der Waals surface area contributed by atoms with Crippen molar-refractivity contribution in [3.8, 4) is 0 Å². The van der Waals surface area contributed by atoms with Crippen molar-refractivity contribution in [3.63, 3.8) is 0 Å². The van der Waals surface area contributed by atoms with Crippen LogP contribution in [0.3, 0.4) is 0 Å². The number of guanidine groups is 1. The van der Waals surface area contributed by atoms with Crippen LogP contribution in [-0.2, 0) is 10.9 Å². The Morgan fingerprint density at radius 1 is 1.00 bits per heavy atom. The molecular formula is C19H29F3N4O2. The molecule has 0 aliphatic rings. The number of unbranched alkanes of at least 4 members (excludes halogenated alkanes) is 1. The van der Waals surface area contributed by atoms with Gasteiger partial charge in [0.15, 0.2) is 5.96 Å². The van der Waals surface area contributed by atoms with E-state index in [9.17, 15) is 18.0 Å². The number of nitrogens with one attached hydrogen (secondary N) is 3. The summed E-state index contributed by atoms with van der Waals surface area (Å²) in [5.74, 6) is 0.181. The third-order valence-corrected chi connectivity index (χ3v) is 3.80. The third kappa shape index (κ3) is 9.59. The standard InChI is InChI=1S/C19H29F3N4O2/c1-3-4-13-28-14-5-10-25-18(23-2)26-12-11-24-17(27)15-6-8-16(9-7-15)19(20,21)22/h6-9H,3-5,10-14H2,1-2H3,(H,24,27)(H2,23,25,26). The second kappa shape index (κ2) is 13.0. The summed E-state index contributed by atoms with van der Waals surface area (Å²) >= 11 is 0. The topological polar surface area (TPSA) is 74.8 Å². The molecule has 158 valence electrons. The number of nitrogens with zero attached hydrogens (tertiary/aromatic N) is 1. The van der Waals surface area contributed by atoms with Crippen molar-refractivity contribution in [3.05, 3.63) is 35.4 Å². The Hall–Kier alpha value is -2.29. The Labute approximate surface area is 163 Å². The maximum absolute atomic E-state index is 12.5. The average Bonchev–Trinajstić information content (AvgIpc) is 2.68. The largest absolute Gasteiger partial charge is 0.416 e. The third-order valence-electron chi connectivity index (χ3n) is 3.80. The van der Waals surface area contributed by atoms with E-state index in [1.807, 2.05) is 0 Å². The lowest BCUT2D eigenvalue weighted by atomic mass is 10.1. The zero-order chi connectivity index (χ0) is 20.8. The SMILES string of the molecule is CCCCOCCCNC(=NC)NCCNC(=O)c1ccc(C(F)(F)F)cc1. The molecule has 1 rings (SSSR count). The molecule has 0 aliphatic heterocycles. The molecular weight excluding hydrogens is 373 g/mol. The molecule has 9 heteroatoms. The molecule has 0 fully saturated rings. The van der Waals surface area contributed by atoms with E-state index >= 15 is 0 Å². The van der Waals surface area contributed by atoms with Gasteiger partial charge >= 0.3 is 6.18 Å². The first-order chi connectivity index (χ1) is 13.4. The number of carbonyl (C=O) groups is 1. The van der Waals surface area contributed by atoms with Gasteiger partial charge in [0, 0.05) is 45.5 Å². The van der Waals surface area contributed by atoms with Crippen LogP contribution in [0.1, 0.15) is 42.1 Å². The normalized spacial score (nSPS) is 12.0. The lowest BCUT2D eigenvalue weighted by Crippen LogP contribution is -2.42. The Kier molecular flexibility index (Phi) is 11.0. The minimum Gasteiger partial charge on any atom is -0.381 e. The predicted octanol–water partition coefficient (Wildman–Crippen LogP) is 2.81. The average molecular weight is 402 g/mol. The highest BCUT2D eigenvalue weighted by Gasteiger charge is 2.30. The molecule has 1 aromatic rings. The van der Waals surface area contributed by atoms with Crippen LogP contribution in [0.4, 0.5) is 13.2 Å². The van der Waals surface area contributed by atoms with Crippen molar-refractivity contribution in [1.82, 2.24) is 16.0 Å². The number of aliphatic imine (C=N–C) groups is 1. The van der Waals surface area contributed by atoms with Gasteiger partial charge in [0.1, 0.15) is 0 Å². The summed E-state index contributed by atoms with van der Waals surface area (Å²) in [7, 11) is 1.65. The van der Waals surface area contributed by atoms with E-state index < -0.39 is 17.6 Å². The lowest BCUT2D eigenvalue weighted by molar-refractivity contribution is -0.137. The minimum atomic E-state index is -4.41. The maximum atomic E-state index is 12.5. The fourth-order valence-electron chi connectivity index (χ4n) is 2.22. The molecule has 0 aliphatic carbocycles. The number of carbonyl (C=O) groups excluding carboxylic acids is 1. The highest BCUT2D eigenvalue weighted by molar-refractivity contribution is 5.94. The predicted molar refractivity (Wildman–Crippen MR) is 103 cm³/mol. The van der Waals surface area contributed by atoms with Crippen molar-refractivity contribution in [2.75, 3.05) is 39.9 Å². The quantitative estimate of drug-likeness (QED) is 0.302. The van der Waals surface area contributed by atoms with E-state index in [1.54, 1.807) is 7.05 Å². The van der Waals surface area contributed by atoms with E-state index in [0.717, 1.165) is 50.1 Å². The number of halogens is 3. The molecule has 0 unspecified atom stereocenters. The number of rotatable bonds is 11. The summed E-state index contributed by atoms with van der Waals surface area (Å²) in [6.45, 7) is 5.03. The molecule has 0 saturated heterocycles. The number of ether oxygens (including phenoxy) is 1. The second-order valence-corrected chi connectivity index (χ2v) is 6.08. The number of benzene rings is 1. The molecule has 0 radical (unpaired) electrons. The van der Waals surface area contributed by atoms with Gasteiger partial charge in [-0.15, -0.1) is 0 Å². The van der Waals surface area contributed by atoms with E-state index in [1.165, 1.54) is 0 Å². The van der Waals surface area contributed by atoms with Crippen molar-refractivity contribution >= 4 is 11.9 Å². The molecule has 0 spiro atoms. The van der Waals surface area contributed by atoms with Gasteiger partial charge in [-0.1, -0.05) is 13.3 Å². The first-order valence-electron chi connectivity index (χ1n) is 9.36.